The lowest BCUT2D eigenvalue weighted by molar-refractivity contribution is 0.607. The monoisotopic (exact) mass is 726 g/mol. The van der Waals surface area contributed by atoms with Gasteiger partial charge in [0.15, 0.2) is 0 Å². The number of fused-ring (bicyclic) bond motifs is 5. The van der Waals surface area contributed by atoms with Crippen LogP contribution in [0.1, 0.15) is 91.0 Å². The van der Waals surface area contributed by atoms with Crippen LogP contribution < -0.4 is 0 Å². The second kappa shape index (κ2) is 16.2. The van der Waals surface area contributed by atoms with Crippen LogP contribution in [-0.2, 0) is 18.3 Å². The van der Waals surface area contributed by atoms with Crippen LogP contribution in [0.2, 0.25) is 0 Å². The predicted molar refractivity (Wildman–Crippen MR) is 242 cm³/mol. The highest BCUT2D eigenvalue weighted by molar-refractivity contribution is 5.89. The van der Waals surface area contributed by atoms with Crippen LogP contribution in [0.15, 0.2) is 169 Å². The van der Waals surface area contributed by atoms with Crippen LogP contribution in [-0.4, -0.2) is 0 Å². The summed E-state index contributed by atoms with van der Waals surface area (Å²) < 4.78 is 0. The van der Waals surface area contributed by atoms with Crippen molar-refractivity contribution in [3.05, 3.63) is 214 Å². The SMILES string of the molecule is CCc1ccc(-c2cccc3c2Cc2ccccc2-3)cc1.Cc1cccc(-c2ccc3c(c2)C2=C(CCC=C2)C3(C)C)c1.Cc1ccccc1C1=CC=CCC1. The molecular formula is C56H54. The third-order valence-corrected chi connectivity index (χ3v) is 12.3. The molecule has 0 bridgehead atoms. The maximum absolute atomic E-state index is 2.39. The van der Waals surface area contributed by atoms with Gasteiger partial charge in [0.05, 0.1) is 0 Å². The number of hydrogen-bond donors (Lipinski definition) is 0. The lowest BCUT2D eigenvalue weighted by Gasteiger charge is -2.25. The molecule has 0 unspecified atom stereocenters. The van der Waals surface area contributed by atoms with Gasteiger partial charge in [0, 0.05) is 5.41 Å². The summed E-state index contributed by atoms with van der Waals surface area (Å²) in [6.45, 7) is 11.3. The molecule has 0 saturated carbocycles. The minimum absolute atomic E-state index is 0.181. The van der Waals surface area contributed by atoms with Gasteiger partial charge in [0.25, 0.3) is 0 Å². The van der Waals surface area contributed by atoms with E-state index in [4.69, 9.17) is 0 Å². The molecule has 0 saturated heterocycles. The maximum atomic E-state index is 2.39. The van der Waals surface area contributed by atoms with E-state index in [1.54, 1.807) is 5.57 Å². The second-order valence-corrected chi connectivity index (χ2v) is 16.3. The van der Waals surface area contributed by atoms with Crippen LogP contribution in [0.5, 0.6) is 0 Å². The number of rotatable bonds is 4. The molecule has 4 aliphatic rings. The summed E-state index contributed by atoms with van der Waals surface area (Å²) in [4.78, 5) is 0. The van der Waals surface area contributed by atoms with Crippen molar-refractivity contribution in [3.8, 4) is 33.4 Å². The first kappa shape index (κ1) is 37.2. The van der Waals surface area contributed by atoms with Crippen LogP contribution in [0.3, 0.4) is 0 Å². The van der Waals surface area contributed by atoms with E-state index >= 15 is 0 Å². The topological polar surface area (TPSA) is 0 Å². The Bertz CT molecular complexity index is 2510. The largest absolute Gasteiger partial charge is 0.0842 e. The van der Waals surface area contributed by atoms with E-state index in [9.17, 15) is 0 Å². The lowest BCUT2D eigenvalue weighted by atomic mass is 9.78. The van der Waals surface area contributed by atoms with E-state index in [2.05, 4.69) is 198 Å². The van der Waals surface area contributed by atoms with Crippen LogP contribution in [0.25, 0.3) is 44.5 Å². The average molecular weight is 727 g/mol. The second-order valence-electron chi connectivity index (χ2n) is 16.3. The van der Waals surface area contributed by atoms with Gasteiger partial charge < -0.3 is 0 Å². The van der Waals surface area contributed by atoms with Crippen molar-refractivity contribution >= 4 is 11.1 Å². The fraction of sp³-hybridized carbons (Fsp3) is 0.214. The zero-order valence-electron chi connectivity index (χ0n) is 33.8. The first-order valence-electron chi connectivity index (χ1n) is 20.6. The molecular weight excluding hydrogens is 673 g/mol. The van der Waals surface area contributed by atoms with Crippen molar-refractivity contribution in [2.24, 2.45) is 0 Å². The minimum atomic E-state index is 0.181. The summed E-state index contributed by atoms with van der Waals surface area (Å²) in [7, 11) is 0. The fourth-order valence-electron chi connectivity index (χ4n) is 9.15. The van der Waals surface area contributed by atoms with Gasteiger partial charge in [0.1, 0.15) is 0 Å². The summed E-state index contributed by atoms with van der Waals surface area (Å²) in [5.41, 5.74) is 24.3. The minimum Gasteiger partial charge on any atom is -0.0842 e. The van der Waals surface area contributed by atoms with Gasteiger partial charge in [-0.25, -0.2) is 0 Å². The van der Waals surface area contributed by atoms with Gasteiger partial charge in [-0.15, -0.1) is 0 Å². The Balaban J connectivity index is 0.000000122. The number of benzene rings is 6. The third-order valence-electron chi connectivity index (χ3n) is 12.3. The van der Waals surface area contributed by atoms with Crippen molar-refractivity contribution in [2.75, 3.05) is 0 Å². The molecule has 56 heavy (non-hydrogen) atoms. The molecule has 0 amide bonds. The van der Waals surface area contributed by atoms with Gasteiger partial charge in [0.2, 0.25) is 0 Å². The first-order valence-corrected chi connectivity index (χ1v) is 20.6. The molecule has 0 spiro atoms. The van der Waals surface area contributed by atoms with Crippen molar-refractivity contribution in [3.63, 3.8) is 0 Å². The summed E-state index contributed by atoms with van der Waals surface area (Å²) in [6.07, 6.45) is 18.2. The van der Waals surface area contributed by atoms with Gasteiger partial charge in [-0.2, -0.15) is 0 Å². The van der Waals surface area contributed by atoms with Gasteiger partial charge in [-0.3, -0.25) is 0 Å². The average Bonchev–Trinajstić information content (AvgIpc) is 3.74. The molecule has 0 N–H and O–H groups in total. The smallest absolute Gasteiger partial charge is 0.0121 e. The molecule has 4 aliphatic carbocycles. The number of hydrogen-bond acceptors (Lipinski definition) is 0. The Hall–Kier alpha value is -5.72. The Labute approximate surface area is 335 Å². The molecule has 10 rings (SSSR count). The van der Waals surface area contributed by atoms with Gasteiger partial charge >= 0.3 is 0 Å². The number of allylic oxidation sites excluding steroid dienone is 8. The molecule has 0 nitrogen and oxygen atoms in total. The highest BCUT2D eigenvalue weighted by Gasteiger charge is 2.37. The fourth-order valence-corrected chi connectivity index (χ4v) is 9.15. The van der Waals surface area contributed by atoms with Crippen molar-refractivity contribution in [1.29, 1.82) is 0 Å². The molecule has 0 heteroatoms. The van der Waals surface area contributed by atoms with E-state index in [1.807, 2.05) is 0 Å². The number of aryl methyl sites for hydroxylation is 3. The molecule has 0 aliphatic heterocycles. The highest BCUT2D eigenvalue weighted by atomic mass is 14.4. The maximum Gasteiger partial charge on any atom is 0.0121 e. The molecule has 0 radical (unpaired) electrons. The van der Waals surface area contributed by atoms with Crippen LogP contribution >= 0.6 is 0 Å². The molecule has 0 atom stereocenters. The van der Waals surface area contributed by atoms with E-state index in [1.165, 1.54) is 115 Å². The summed E-state index contributed by atoms with van der Waals surface area (Å²) in [5.74, 6) is 0. The molecule has 278 valence electrons. The molecule has 0 aromatic heterocycles. The zero-order valence-corrected chi connectivity index (χ0v) is 33.8. The first-order chi connectivity index (χ1) is 27.3. The standard InChI is InChI=1S/C22H22.C21H18.C13H14/c1-15-7-6-8-16(13-15)17-11-12-21-19(14-17)18-9-4-5-10-20(18)22(21,2)3;1-2-15-10-12-16(13-11-15)18-8-5-9-20-19-7-4-3-6-17(19)14-21(18)20;1-11-7-5-6-10-13(11)12-8-3-2-4-9-12/h4,6-9,11-14H,5,10H2,1-3H3;3-13H,2,14H2,1H3;2-3,5-8,10H,4,9H2,1H3. The molecule has 0 fully saturated rings. The van der Waals surface area contributed by atoms with Gasteiger partial charge in [-0.1, -0.05) is 190 Å². The Morgan fingerprint density at radius 1 is 0.571 bits per heavy atom. The normalized spacial score (nSPS) is 15.3. The third kappa shape index (κ3) is 7.46. The quantitative estimate of drug-likeness (QED) is 0.169. The van der Waals surface area contributed by atoms with Crippen molar-refractivity contribution in [2.45, 2.75) is 78.6 Å². The predicted octanol–water partition coefficient (Wildman–Crippen LogP) is 15.3. The van der Waals surface area contributed by atoms with E-state index in [-0.39, 0.29) is 5.41 Å². The Morgan fingerprint density at radius 2 is 1.27 bits per heavy atom. The zero-order chi connectivity index (χ0) is 38.6. The molecule has 0 heterocycles. The van der Waals surface area contributed by atoms with Crippen molar-refractivity contribution < 1.29 is 0 Å². The van der Waals surface area contributed by atoms with Crippen molar-refractivity contribution in [1.82, 2.24) is 0 Å². The van der Waals surface area contributed by atoms with Crippen LogP contribution in [0.4, 0.5) is 0 Å². The molecule has 6 aromatic rings. The van der Waals surface area contributed by atoms with Crippen LogP contribution in [0, 0.1) is 13.8 Å². The lowest BCUT2D eigenvalue weighted by Crippen LogP contribution is -2.17. The van der Waals surface area contributed by atoms with Gasteiger partial charge in [-0.05, 0) is 142 Å². The summed E-state index contributed by atoms with van der Waals surface area (Å²) in [6, 6.07) is 48.9. The van der Waals surface area contributed by atoms with E-state index in [0.29, 0.717) is 0 Å². The Kier molecular flexibility index (Phi) is 10.7. The summed E-state index contributed by atoms with van der Waals surface area (Å²) >= 11 is 0. The van der Waals surface area contributed by atoms with E-state index in [0.717, 1.165) is 12.8 Å². The van der Waals surface area contributed by atoms with E-state index < -0.39 is 0 Å². The summed E-state index contributed by atoms with van der Waals surface area (Å²) in [5, 5.41) is 0. The Morgan fingerprint density at radius 3 is 2.04 bits per heavy atom. The molecule has 6 aromatic carbocycles. The highest BCUT2D eigenvalue weighted by Crippen LogP contribution is 2.50.